The van der Waals surface area contributed by atoms with E-state index in [4.69, 9.17) is 15.2 Å². The zero-order chi connectivity index (χ0) is 13.0. The van der Waals surface area contributed by atoms with E-state index < -0.39 is 0 Å². The number of rotatable bonds is 4. The molecule has 2 aromatic carbocycles. The summed E-state index contributed by atoms with van der Waals surface area (Å²) < 4.78 is 12.3. The first-order valence-corrected chi connectivity index (χ1v) is 6.72. The summed E-state index contributed by atoms with van der Waals surface area (Å²) in [5.41, 5.74) is 6.44. The minimum Gasteiger partial charge on any atom is -0.494 e. The van der Waals surface area contributed by atoms with Crippen molar-refractivity contribution in [3.63, 3.8) is 0 Å². The molecule has 3 nitrogen and oxygen atoms in total. The van der Waals surface area contributed by atoms with Crippen molar-refractivity contribution in [2.45, 2.75) is 6.92 Å². The van der Waals surface area contributed by atoms with Gasteiger partial charge >= 0.3 is 0 Å². The van der Waals surface area contributed by atoms with Crippen molar-refractivity contribution in [3.05, 3.63) is 46.0 Å². The molecule has 0 atom stereocenters. The molecule has 2 aromatic rings. The highest BCUT2D eigenvalue weighted by atomic mass is 127. The van der Waals surface area contributed by atoms with Crippen LogP contribution in [0.2, 0.25) is 0 Å². The Labute approximate surface area is 120 Å². The quantitative estimate of drug-likeness (QED) is 0.664. The molecule has 0 bridgehead atoms. The van der Waals surface area contributed by atoms with Crippen LogP contribution in [0, 0.1) is 3.57 Å². The third-order valence-corrected chi connectivity index (χ3v) is 2.92. The number of halogens is 1. The molecule has 0 aromatic heterocycles. The summed E-state index contributed by atoms with van der Waals surface area (Å²) in [6.07, 6.45) is 0. The summed E-state index contributed by atoms with van der Waals surface area (Å²) in [6.45, 7) is 2.54. The van der Waals surface area contributed by atoms with E-state index in [-0.39, 0.29) is 0 Å². The Hall–Kier alpha value is -1.43. The van der Waals surface area contributed by atoms with Crippen molar-refractivity contribution >= 4 is 28.3 Å². The third kappa shape index (κ3) is 3.53. The molecule has 4 heteroatoms. The number of ether oxygens (including phenoxy) is 2. The number of nitrogens with two attached hydrogens (primary N) is 1. The van der Waals surface area contributed by atoms with E-state index >= 15 is 0 Å². The molecular weight excluding hydrogens is 341 g/mol. The molecule has 94 valence electrons. The summed E-state index contributed by atoms with van der Waals surface area (Å²) >= 11 is 2.25. The second kappa shape index (κ2) is 5.95. The first-order valence-electron chi connectivity index (χ1n) is 5.64. The van der Waals surface area contributed by atoms with Gasteiger partial charge in [-0.1, -0.05) is 6.07 Å². The second-order valence-corrected chi connectivity index (χ2v) is 4.98. The summed E-state index contributed by atoms with van der Waals surface area (Å²) in [5, 5.41) is 0. The SMILES string of the molecule is CCOc1cc(N)cc(Oc2cccc(I)c2)c1. The Morgan fingerprint density at radius 2 is 1.83 bits per heavy atom. The minimum absolute atomic E-state index is 0.603. The van der Waals surface area contributed by atoms with Crippen LogP contribution in [0.4, 0.5) is 5.69 Å². The van der Waals surface area contributed by atoms with E-state index in [9.17, 15) is 0 Å². The molecule has 0 saturated heterocycles. The maximum atomic E-state index is 5.81. The second-order valence-electron chi connectivity index (χ2n) is 3.73. The molecular formula is C14H14INO2. The number of hydrogen-bond donors (Lipinski definition) is 1. The number of hydrogen-bond acceptors (Lipinski definition) is 3. The van der Waals surface area contributed by atoms with Gasteiger partial charge in [0.05, 0.1) is 6.61 Å². The average molecular weight is 355 g/mol. The van der Waals surface area contributed by atoms with Crippen molar-refractivity contribution < 1.29 is 9.47 Å². The molecule has 0 spiro atoms. The topological polar surface area (TPSA) is 44.5 Å². The summed E-state index contributed by atoms with van der Waals surface area (Å²) in [6, 6.07) is 13.2. The highest BCUT2D eigenvalue weighted by Crippen LogP contribution is 2.29. The lowest BCUT2D eigenvalue weighted by Gasteiger charge is -2.10. The first-order chi connectivity index (χ1) is 8.67. The van der Waals surface area contributed by atoms with Gasteiger partial charge in [-0.3, -0.25) is 0 Å². The van der Waals surface area contributed by atoms with Gasteiger partial charge in [-0.15, -0.1) is 0 Å². The highest BCUT2D eigenvalue weighted by molar-refractivity contribution is 14.1. The molecule has 0 heterocycles. The van der Waals surface area contributed by atoms with E-state index in [0.29, 0.717) is 18.0 Å². The van der Waals surface area contributed by atoms with Crippen molar-refractivity contribution in [1.29, 1.82) is 0 Å². The average Bonchev–Trinajstić information content (AvgIpc) is 2.28. The van der Waals surface area contributed by atoms with Crippen LogP contribution in [-0.4, -0.2) is 6.61 Å². The van der Waals surface area contributed by atoms with E-state index in [2.05, 4.69) is 22.6 Å². The zero-order valence-electron chi connectivity index (χ0n) is 10.0. The fourth-order valence-corrected chi connectivity index (χ4v) is 2.08. The van der Waals surface area contributed by atoms with Crippen LogP contribution >= 0.6 is 22.6 Å². The Morgan fingerprint density at radius 3 is 2.56 bits per heavy atom. The van der Waals surface area contributed by atoms with Crippen LogP contribution in [0.3, 0.4) is 0 Å². The van der Waals surface area contributed by atoms with Crippen LogP contribution in [-0.2, 0) is 0 Å². The van der Waals surface area contributed by atoms with Crippen LogP contribution in [0.15, 0.2) is 42.5 Å². The molecule has 0 aliphatic heterocycles. The molecule has 0 amide bonds. The predicted molar refractivity (Wildman–Crippen MR) is 81.3 cm³/mol. The molecule has 18 heavy (non-hydrogen) atoms. The van der Waals surface area contributed by atoms with Gasteiger partial charge in [-0.25, -0.2) is 0 Å². The molecule has 2 rings (SSSR count). The Bertz CT molecular complexity index is 543. The summed E-state index contributed by atoms with van der Waals surface area (Å²) in [4.78, 5) is 0. The normalized spacial score (nSPS) is 10.1. The van der Waals surface area contributed by atoms with Crippen LogP contribution in [0.1, 0.15) is 6.92 Å². The van der Waals surface area contributed by atoms with E-state index in [1.165, 1.54) is 0 Å². The number of nitrogen functional groups attached to an aromatic ring is 1. The van der Waals surface area contributed by atoms with Gasteiger partial charge < -0.3 is 15.2 Å². The van der Waals surface area contributed by atoms with Crippen LogP contribution in [0.5, 0.6) is 17.2 Å². The van der Waals surface area contributed by atoms with Crippen LogP contribution < -0.4 is 15.2 Å². The van der Waals surface area contributed by atoms with E-state index in [1.54, 1.807) is 12.1 Å². The van der Waals surface area contributed by atoms with E-state index in [1.807, 2.05) is 37.3 Å². The third-order valence-electron chi connectivity index (χ3n) is 2.25. The van der Waals surface area contributed by atoms with Crippen LogP contribution in [0.25, 0.3) is 0 Å². The zero-order valence-corrected chi connectivity index (χ0v) is 12.2. The molecule has 0 unspecified atom stereocenters. The first kappa shape index (κ1) is 13.0. The number of anilines is 1. The molecule has 0 radical (unpaired) electrons. The van der Waals surface area contributed by atoms with Gasteiger partial charge in [0, 0.05) is 27.5 Å². The predicted octanol–water partition coefficient (Wildman–Crippen LogP) is 4.06. The Balaban J connectivity index is 2.23. The summed E-state index contributed by atoms with van der Waals surface area (Å²) in [7, 11) is 0. The van der Waals surface area contributed by atoms with Gasteiger partial charge in [0.15, 0.2) is 0 Å². The fourth-order valence-electron chi connectivity index (χ4n) is 1.57. The van der Waals surface area contributed by atoms with Gasteiger partial charge in [-0.2, -0.15) is 0 Å². The van der Waals surface area contributed by atoms with Gasteiger partial charge in [0.25, 0.3) is 0 Å². The largest absolute Gasteiger partial charge is 0.494 e. The van der Waals surface area contributed by atoms with E-state index in [0.717, 1.165) is 15.1 Å². The lowest BCUT2D eigenvalue weighted by atomic mass is 10.3. The maximum absolute atomic E-state index is 5.81. The van der Waals surface area contributed by atoms with Crippen molar-refractivity contribution in [2.24, 2.45) is 0 Å². The molecule has 0 saturated carbocycles. The standard InChI is InChI=1S/C14H14INO2/c1-2-17-13-7-11(16)8-14(9-13)18-12-5-3-4-10(15)6-12/h3-9H,2,16H2,1H3. The smallest absolute Gasteiger partial charge is 0.133 e. The van der Waals surface area contributed by atoms with Crippen molar-refractivity contribution in [1.82, 2.24) is 0 Å². The molecule has 0 aliphatic carbocycles. The number of benzene rings is 2. The lowest BCUT2D eigenvalue weighted by Crippen LogP contribution is -1.94. The Morgan fingerprint density at radius 1 is 1.06 bits per heavy atom. The highest BCUT2D eigenvalue weighted by Gasteiger charge is 2.03. The Kier molecular flexibility index (Phi) is 4.30. The molecule has 2 N–H and O–H groups in total. The monoisotopic (exact) mass is 355 g/mol. The van der Waals surface area contributed by atoms with Gasteiger partial charge in [0.1, 0.15) is 17.2 Å². The van der Waals surface area contributed by atoms with Gasteiger partial charge in [0.2, 0.25) is 0 Å². The lowest BCUT2D eigenvalue weighted by molar-refractivity contribution is 0.338. The minimum atomic E-state index is 0.603. The molecule has 0 aliphatic rings. The van der Waals surface area contributed by atoms with Crippen molar-refractivity contribution in [3.8, 4) is 17.2 Å². The summed E-state index contributed by atoms with van der Waals surface area (Å²) in [5.74, 6) is 2.19. The maximum Gasteiger partial charge on any atom is 0.133 e. The van der Waals surface area contributed by atoms with Gasteiger partial charge in [-0.05, 0) is 47.7 Å². The fraction of sp³-hybridized carbons (Fsp3) is 0.143. The molecule has 0 fully saturated rings. The van der Waals surface area contributed by atoms with Crippen molar-refractivity contribution in [2.75, 3.05) is 12.3 Å².